The highest BCUT2D eigenvalue weighted by molar-refractivity contribution is 7.53. The van der Waals surface area contributed by atoms with E-state index in [-0.39, 0.29) is 25.5 Å². The molecular formula is C13H22O6P2. The largest absolute Gasteiger partial charge is 0.332 e. The van der Waals surface area contributed by atoms with Crippen LogP contribution in [-0.2, 0) is 18.2 Å². The van der Waals surface area contributed by atoms with Crippen molar-refractivity contribution in [1.29, 1.82) is 0 Å². The van der Waals surface area contributed by atoms with Gasteiger partial charge in [-0.1, -0.05) is 24.1 Å². The fourth-order valence-electron chi connectivity index (χ4n) is 0.842. The first-order valence-electron chi connectivity index (χ1n) is 5.93. The van der Waals surface area contributed by atoms with Crippen LogP contribution in [0.15, 0.2) is 38.0 Å². The van der Waals surface area contributed by atoms with E-state index in [9.17, 15) is 9.13 Å². The van der Waals surface area contributed by atoms with Crippen molar-refractivity contribution in [2.75, 3.05) is 25.5 Å². The van der Waals surface area contributed by atoms with Gasteiger partial charge in [0.05, 0.1) is 18.9 Å². The Morgan fingerprint density at radius 3 is 2.10 bits per heavy atom. The third kappa shape index (κ3) is 17.0. The van der Waals surface area contributed by atoms with Gasteiger partial charge >= 0.3 is 15.2 Å². The van der Waals surface area contributed by atoms with Crippen LogP contribution in [0.2, 0.25) is 0 Å². The standard InChI is InChI=1S/C7H13O3P.C6H9O3P/c1-3-5-7-11(8,9)10-6-4-2;1-3-5-9-10(7,8)6-4-2/h3-4H,1-2,5-7H2,(H,8,9);1,4H,2,5-6H2,(H,7,8). The number of rotatable bonds is 10. The van der Waals surface area contributed by atoms with Gasteiger partial charge in [-0.15, -0.1) is 26.2 Å². The van der Waals surface area contributed by atoms with E-state index in [1.165, 1.54) is 12.2 Å². The minimum absolute atomic E-state index is 0.0608. The Morgan fingerprint density at radius 2 is 1.67 bits per heavy atom. The molecule has 0 aliphatic rings. The first kappa shape index (κ1) is 22.4. The molecule has 0 rings (SSSR count). The predicted molar refractivity (Wildman–Crippen MR) is 85.3 cm³/mol. The molecule has 0 aliphatic carbocycles. The summed E-state index contributed by atoms with van der Waals surface area (Å²) in [5, 5.41) is 0. The molecule has 0 aliphatic heterocycles. The first-order valence-corrected chi connectivity index (χ1v) is 9.46. The Balaban J connectivity index is 0. The molecule has 2 N–H and O–H groups in total. The van der Waals surface area contributed by atoms with E-state index in [4.69, 9.17) is 16.2 Å². The zero-order chi connectivity index (χ0) is 16.8. The molecule has 21 heavy (non-hydrogen) atoms. The van der Waals surface area contributed by atoms with Gasteiger partial charge in [-0.2, -0.15) is 0 Å². The molecule has 0 bridgehead atoms. The minimum Gasteiger partial charge on any atom is -0.324 e. The second kappa shape index (κ2) is 12.8. The third-order valence-corrected chi connectivity index (χ3v) is 4.35. The smallest absolute Gasteiger partial charge is 0.324 e. The summed E-state index contributed by atoms with van der Waals surface area (Å²) in [6.07, 6.45) is 9.70. The SMILES string of the molecule is C#CCOP(=O)(O)CC=C.C=CCCP(=O)(O)OCC=C. The minimum atomic E-state index is -3.47. The van der Waals surface area contributed by atoms with Gasteiger partial charge in [-0.25, -0.2) is 0 Å². The van der Waals surface area contributed by atoms with Gasteiger partial charge in [0.1, 0.15) is 6.61 Å². The molecule has 120 valence electrons. The van der Waals surface area contributed by atoms with E-state index in [2.05, 4.69) is 34.7 Å². The Kier molecular flexibility index (Phi) is 13.6. The fourth-order valence-corrected chi connectivity index (χ4v) is 2.53. The van der Waals surface area contributed by atoms with Crippen molar-refractivity contribution in [3.63, 3.8) is 0 Å². The lowest BCUT2D eigenvalue weighted by Crippen LogP contribution is -1.93. The highest BCUT2D eigenvalue weighted by Crippen LogP contribution is 2.42. The van der Waals surface area contributed by atoms with Crippen LogP contribution >= 0.6 is 15.2 Å². The quantitative estimate of drug-likeness (QED) is 0.362. The molecule has 0 aromatic rings. The Hall–Kier alpha value is -0.920. The zero-order valence-corrected chi connectivity index (χ0v) is 13.7. The van der Waals surface area contributed by atoms with Gasteiger partial charge in [-0.05, 0) is 6.42 Å². The molecule has 0 fully saturated rings. The Morgan fingerprint density at radius 1 is 1.05 bits per heavy atom. The van der Waals surface area contributed by atoms with Crippen LogP contribution in [0.25, 0.3) is 0 Å². The van der Waals surface area contributed by atoms with Crippen LogP contribution in [0, 0.1) is 12.3 Å². The number of hydrogen-bond donors (Lipinski definition) is 2. The molecule has 0 radical (unpaired) electrons. The van der Waals surface area contributed by atoms with Gasteiger partial charge in [0.2, 0.25) is 0 Å². The number of allylic oxidation sites excluding steroid dienone is 2. The summed E-state index contributed by atoms with van der Waals surface area (Å²) in [5.74, 6) is 2.09. The summed E-state index contributed by atoms with van der Waals surface area (Å²) in [6.45, 7) is 10.1. The molecule has 0 spiro atoms. The van der Waals surface area contributed by atoms with Crippen molar-refractivity contribution in [1.82, 2.24) is 0 Å². The van der Waals surface area contributed by atoms with Crippen molar-refractivity contribution in [3.05, 3.63) is 38.0 Å². The molecule has 0 saturated carbocycles. The molecule has 0 amide bonds. The van der Waals surface area contributed by atoms with Gasteiger partial charge in [0.25, 0.3) is 0 Å². The molecule has 2 atom stereocenters. The normalized spacial score (nSPS) is 15.3. The van der Waals surface area contributed by atoms with Gasteiger partial charge in [0, 0.05) is 0 Å². The van der Waals surface area contributed by atoms with Crippen molar-refractivity contribution in [3.8, 4) is 12.3 Å². The summed E-state index contributed by atoms with van der Waals surface area (Å²) in [4.78, 5) is 17.8. The van der Waals surface area contributed by atoms with Gasteiger partial charge in [-0.3, -0.25) is 13.7 Å². The zero-order valence-electron chi connectivity index (χ0n) is 11.9. The molecule has 8 heteroatoms. The summed E-state index contributed by atoms with van der Waals surface area (Å²) in [5.41, 5.74) is 0. The highest BCUT2D eigenvalue weighted by atomic mass is 31.2. The van der Waals surface area contributed by atoms with Crippen molar-refractivity contribution in [2.24, 2.45) is 0 Å². The van der Waals surface area contributed by atoms with Gasteiger partial charge < -0.3 is 14.3 Å². The molecule has 0 saturated heterocycles. The summed E-state index contributed by atoms with van der Waals surface area (Å²) in [7, 11) is -6.84. The van der Waals surface area contributed by atoms with E-state index in [1.54, 1.807) is 6.08 Å². The lowest BCUT2D eigenvalue weighted by atomic mass is 10.5. The summed E-state index contributed by atoms with van der Waals surface area (Å²) >= 11 is 0. The van der Waals surface area contributed by atoms with Crippen molar-refractivity contribution < 1.29 is 28.0 Å². The topological polar surface area (TPSA) is 93.1 Å². The summed E-state index contributed by atoms with van der Waals surface area (Å²) < 4.78 is 30.8. The second-order valence-electron chi connectivity index (χ2n) is 3.61. The fraction of sp³-hybridized carbons (Fsp3) is 0.385. The molecule has 6 nitrogen and oxygen atoms in total. The van der Waals surface area contributed by atoms with Crippen molar-refractivity contribution in [2.45, 2.75) is 6.42 Å². The van der Waals surface area contributed by atoms with E-state index in [0.717, 1.165) is 0 Å². The van der Waals surface area contributed by atoms with Crippen LogP contribution < -0.4 is 0 Å². The van der Waals surface area contributed by atoms with Gasteiger partial charge in [0.15, 0.2) is 0 Å². The Labute approximate surface area is 126 Å². The maximum atomic E-state index is 11.0. The molecular weight excluding hydrogens is 314 g/mol. The van der Waals surface area contributed by atoms with E-state index in [1.807, 2.05) is 0 Å². The van der Waals surface area contributed by atoms with Crippen LogP contribution in [0.5, 0.6) is 0 Å². The van der Waals surface area contributed by atoms with Crippen LogP contribution in [0.3, 0.4) is 0 Å². The van der Waals surface area contributed by atoms with Crippen LogP contribution in [-0.4, -0.2) is 35.3 Å². The Bertz CT molecular complexity index is 436. The first-order chi connectivity index (χ1) is 9.74. The average molecular weight is 336 g/mol. The highest BCUT2D eigenvalue weighted by Gasteiger charge is 2.16. The second-order valence-corrected chi connectivity index (χ2v) is 7.49. The maximum Gasteiger partial charge on any atom is 0.332 e. The van der Waals surface area contributed by atoms with E-state index in [0.29, 0.717) is 6.42 Å². The lowest BCUT2D eigenvalue weighted by Gasteiger charge is -2.08. The molecule has 0 aromatic carbocycles. The molecule has 0 heterocycles. The number of hydrogen-bond acceptors (Lipinski definition) is 4. The lowest BCUT2D eigenvalue weighted by molar-refractivity contribution is 0.287. The summed E-state index contributed by atoms with van der Waals surface area (Å²) in [6, 6.07) is 0. The average Bonchev–Trinajstić information content (AvgIpc) is 2.42. The van der Waals surface area contributed by atoms with Crippen LogP contribution in [0.4, 0.5) is 0 Å². The van der Waals surface area contributed by atoms with E-state index < -0.39 is 15.2 Å². The molecule has 2 unspecified atom stereocenters. The molecule has 0 aromatic heterocycles. The monoisotopic (exact) mass is 336 g/mol. The van der Waals surface area contributed by atoms with Crippen molar-refractivity contribution >= 4 is 15.2 Å². The maximum absolute atomic E-state index is 11.0. The van der Waals surface area contributed by atoms with E-state index >= 15 is 0 Å². The number of terminal acetylenes is 1. The third-order valence-electron chi connectivity index (χ3n) is 1.72. The predicted octanol–water partition coefficient (Wildman–Crippen LogP) is 2.96. The van der Waals surface area contributed by atoms with Crippen LogP contribution in [0.1, 0.15) is 6.42 Å².